The molecule has 0 atom stereocenters. The van der Waals surface area contributed by atoms with Crippen molar-refractivity contribution in [2.24, 2.45) is 0 Å². The van der Waals surface area contributed by atoms with Gasteiger partial charge in [0, 0.05) is 24.0 Å². The van der Waals surface area contributed by atoms with Crippen LogP contribution < -0.4 is 10.1 Å². The zero-order valence-corrected chi connectivity index (χ0v) is 13.4. The zero-order chi connectivity index (χ0) is 14.5. The Morgan fingerprint density at radius 1 is 1.35 bits per heavy atom. The quantitative estimate of drug-likeness (QED) is 0.888. The molecule has 0 amide bonds. The van der Waals surface area contributed by atoms with Gasteiger partial charge in [0.1, 0.15) is 10.8 Å². The molecule has 108 valence electrons. The van der Waals surface area contributed by atoms with E-state index in [2.05, 4.69) is 29.4 Å². The number of hydrogen-bond donors (Lipinski definition) is 1. The van der Waals surface area contributed by atoms with E-state index in [1.807, 2.05) is 12.1 Å². The Labute approximate surface area is 128 Å². The predicted octanol–water partition coefficient (Wildman–Crippen LogP) is 3.41. The van der Waals surface area contributed by atoms with Gasteiger partial charge in [-0.25, -0.2) is 0 Å². The predicted molar refractivity (Wildman–Crippen MR) is 83.7 cm³/mol. The first-order valence-corrected chi connectivity index (χ1v) is 7.69. The van der Waals surface area contributed by atoms with Crippen LogP contribution >= 0.6 is 22.9 Å². The van der Waals surface area contributed by atoms with Crippen LogP contribution in [-0.2, 0) is 6.42 Å². The minimum Gasteiger partial charge on any atom is -0.496 e. The summed E-state index contributed by atoms with van der Waals surface area (Å²) in [6.45, 7) is 5.16. The Bertz CT molecular complexity index is 571. The van der Waals surface area contributed by atoms with Crippen LogP contribution in [0.25, 0.3) is 10.6 Å². The molecule has 20 heavy (non-hydrogen) atoms. The van der Waals surface area contributed by atoms with Gasteiger partial charge in [-0.3, -0.25) is 0 Å². The summed E-state index contributed by atoms with van der Waals surface area (Å²) in [5, 5.41) is 14.4. The van der Waals surface area contributed by atoms with E-state index in [9.17, 15) is 0 Å². The molecular weight excluding hydrogens is 294 g/mol. The second-order valence-electron chi connectivity index (χ2n) is 4.70. The summed E-state index contributed by atoms with van der Waals surface area (Å²) in [5.74, 6) is 0.723. The SMILES string of the molecule is COc1cc(Cl)ccc1-c1nnc(CCNC(C)C)s1. The van der Waals surface area contributed by atoms with E-state index in [0.717, 1.165) is 34.3 Å². The van der Waals surface area contributed by atoms with Crippen molar-refractivity contribution >= 4 is 22.9 Å². The van der Waals surface area contributed by atoms with E-state index >= 15 is 0 Å². The highest BCUT2D eigenvalue weighted by molar-refractivity contribution is 7.14. The van der Waals surface area contributed by atoms with Crippen molar-refractivity contribution < 1.29 is 4.74 Å². The number of benzene rings is 1. The maximum absolute atomic E-state index is 5.97. The fourth-order valence-corrected chi connectivity index (χ4v) is 2.80. The van der Waals surface area contributed by atoms with Crippen molar-refractivity contribution in [3.05, 3.63) is 28.2 Å². The molecule has 2 rings (SSSR count). The average Bonchev–Trinajstić information content (AvgIpc) is 2.86. The largest absolute Gasteiger partial charge is 0.496 e. The Morgan fingerprint density at radius 2 is 2.15 bits per heavy atom. The molecule has 0 radical (unpaired) electrons. The first-order valence-electron chi connectivity index (χ1n) is 6.50. The summed E-state index contributed by atoms with van der Waals surface area (Å²) in [5.41, 5.74) is 0.928. The van der Waals surface area contributed by atoms with Gasteiger partial charge in [0.2, 0.25) is 0 Å². The van der Waals surface area contributed by atoms with Crippen LogP contribution in [-0.4, -0.2) is 29.9 Å². The topological polar surface area (TPSA) is 47.0 Å². The summed E-state index contributed by atoms with van der Waals surface area (Å²) in [7, 11) is 1.63. The van der Waals surface area contributed by atoms with Gasteiger partial charge < -0.3 is 10.1 Å². The fourth-order valence-electron chi connectivity index (χ4n) is 1.77. The third kappa shape index (κ3) is 3.91. The molecule has 1 heterocycles. The monoisotopic (exact) mass is 311 g/mol. The normalized spacial score (nSPS) is 11.1. The number of halogens is 1. The highest BCUT2D eigenvalue weighted by Gasteiger charge is 2.12. The number of aromatic nitrogens is 2. The van der Waals surface area contributed by atoms with Crippen molar-refractivity contribution in [3.8, 4) is 16.3 Å². The lowest BCUT2D eigenvalue weighted by Crippen LogP contribution is -2.24. The second-order valence-corrected chi connectivity index (χ2v) is 6.20. The molecule has 0 aliphatic rings. The maximum Gasteiger partial charge on any atom is 0.151 e. The van der Waals surface area contributed by atoms with Crippen LogP contribution in [0, 0.1) is 0 Å². The van der Waals surface area contributed by atoms with Gasteiger partial charge >= 0.3 is 0 Å². The van der Waals surface area contributed by atoms with E-state index in [1.54, 1.807) is 24.5 Å². The average molecular weight is 312 g/mol. The smallest absolute Gasteiger partial charge is 0.151 e. The number of rotatable bonds is 6. The molecule has 0 unspecified atom stereocenters. The molecule has 1 aromatic heterocycles. The van der Waals surface area contributed by atoms with Gasteiger partial charge in [0.05, 0.1) is 12.7 Å². The first-order chi connectivity index (χ1) is 9.60. The highest BCUT2D eigenvalue weighted by Crippen LogP contribution is 2.34. The first kappa shape index (κ1) is 15.2. The molecule has 2 aromatic rings. The summed E-state index contributed by atoms with van der Waals surface area (Å²) >= 11 is 7.55. The molecule has 6 heteroatoms. The number of methoxy groups -OCH3 is 1. The third-order valence-corrected chi connectivity index (χ3v) is 4.00. The summed E-state index contributed by atoms with van der Waals surface area (Å²) in [6.07, 6.45) is 0.881. The van der Waals surface area contributed by atoms with Crippen molar-refractivity contribution in [2.75, 3.05) is 13.7 Å². The molecule has 0 spiro atoms. The van der Waals surface area contributed by atoms with Crippen LogP contribution in [0.1, 0.15) is 18.9 Å². The van der Waals surface area contributed by atoms with Crippen molar-refractivity contribution in [1.82, 2.24) is 15.5 Å². The van der Waals surface area contributed by atoms with Gasteiger partial charge in [-0.2, -0.15) is 0 Å². The van der Waals surface area contributed by atoms with Crippen molar-refractivity contribution in [2.45, 2.75) is 26.3 Å². The lowest BCUT2D eigenvalue weighted by Gasteiger charge is -2.06. The number of ether oxygens (including phenoxy) is 1. The highest BCUT2D eigenvalue weighted by atomic mass is 35.5. The molecule has 0 bridgehead atoms. The van der Waals surface area contributed by atoms with E-state index in [-0.39, 0.29) is 0 Å². The molecule has 0 saturated carbocycles. The number of hydrogen-bond acceptors (Lipinski definition) is 5. The molecule has 1 N–H and O–H groups in total. The molecule has 4 nitrogen and oxygen atoms in total. The Hall–Kier alpha value is -1.17. The molecule has 0 fully saturated rings. The van der Waals surface area contributed by atoms with Crippen molar-refractivity contribution in [1.29, 1.82) is 0 Å². The lowest BCUT2D eigenvalue weighted by molar-refractivity contribution is 0.416. The van der Waals surface area contributed by atoms with Gasteiger partial charge in [-0.15, -0.1) is 10.2 Å². The molecular formula is C14H18ClN3OS. The lowest BCUT2D eigenvalue weighted by atomic mass is 10.2. The summed E-state index contributed by atoms with van der Waals surface area (Å²) in [6, 6.07) is 6.02. The second kappa shape index (κ2) is 7.02. The van der Waals surface area contributed by atoms with Gasteiger partial charge in [-0.05, 0) is 18.2 Å². The minimum atomic E-state index is 0.485. The Morgan fingerprint density at radius 3 is 2.85 bits per heavy atom. The van der Waals surface area contributed by atoms with E-state index in [0.29, 0.717) is 11.1 Å². The van der Waals surface area contributed by atoms with E-state index in [4.69, 9.17) is 16.3 Å². The zero-order valence-electron chi connectivity index (χ0n) is 11.8. The minimum absolute atomic E-state index is 0.485. The Balaban J connectivity index is 2.12. The number of nitrogens with zero attached hydrogens (tertiary/aromatic N) is 2. The van der Waals surface area contributed by atoms with E-state index in [1.165, 1.54) is 0 Å². The standard InChI is InChI=1S/C14H18ClN3OS/c1-9(2)16-7-6-13-17-18-14(20-13)11-5-4-10(15)8-12(11)19-3/h4-5,8-9,16H,6-7H2,1-3H3. The molecule has 0 saturated heterocycles. The number of nitrogens with one attached hydrogen (secondary N) is 1. The molecule has 0 aliphatic carbocycles. The van der Waals surface area contributed by atoms with Gasteiger partial charge in [0.15, 0.2) is 5.01 Å². The molecule has 1 aromatic carbocycles. The van der Waals surface area contributed by atoms with Gasteiger partial charge in [0.25, 0.3) is 0 Å². The van der Waals surface area contributed by atoms with Gasteiger partial charge in [-0.1, -0.05) is 36.8 Å². The van der Waals surface area contributed by atoms with E-state index < -0.39 is 0 Å². The Kier molecular flexibility index (Phi) is 5.34. The summed E-state index contributed by atoms with van der Waals surface area (Å²) in [4.78, 5) is 0. The van der Waals surface area contributed by atoms with Crippen LogP contribution in [0.2, 0.25) is 5.02 Å². The van der Waals surface area contributed by atoms with Crippen LogP contribution in [0.4, 0.5) is 0 Å². The summed E-state index contributed by atoms with van der Waals surface area (Å²) < 4.78 is 5.34. The van der Waals surface area contributed by atoms with Crippen LogP contribution in [0.3, 0.4) is 0 Å². The van der Waals surface area contributed by atoms with Crippen molar-refractivity contribution in [3.63, 3.8) is 0 Å². The van der Waals surface area contributed by atoms with Crippen LogP contribution in [0.15, 0.2) is 18.2 Å². The molecule has 0 aliphatic heterocycles. The maximum atomic E-state index is 5.97. The third-order valence-electron chi connectivity index (χ3n) is 2.75. The van der Waals surface area contributed by atoms with Crippen LogP contribution in [0.5, 0.6) is 5.75 Å². The fraction of sp³-hybridized carbons (Fsp3) is 0.429.